The molecule has 0 aromatic carbocycles. The van der Waals surface area contributed by atoms with Gasteiger partial charge >= 0.3 is 7.12 Å². The van der Waals surface area contributed by atoms with Crippen LogP contribution in [-0.2, 0) is 14.1 Å². The quantitative estimate of drug-likeness (QED) is 0.622. The van der Waals surface area contributed by atoms with Crippen LogP contribution in [0.2, 0.25) is 0 Å². The van der Waals surface area contributed by atoms with Gasteiger partial charge in [-0.2, -0.15) is 0 Å². The van der Waals surface area contributed by atoms with Crippen molar-refractivity contribution in [3.8, 4) is 0 Å². The summed E-state index contributed by atoms with van der Waals surface area (Å²) in [5, 5.41) is 2.85. The first-order valence-corrected chi connectivity index (χ1v) is 7.85. The lowest BCUT2D eigenvalue weighted by molar-refractivity contribution is -0.109. The van der Waals surface area contributed by atoms with Gasteiger partial charge in [0.2, 0.25) is 6.41 Å². The maximum absolute atomic E-state index is 10.8. The molecule has 1 heterocycles. The van der Waals surface area contributed by atoms with Gasteiger partial charge in [0.15, 0.2) is 0 Å². The molecule has 1 N–H and O–H groups in total. The molecule has 2 fully saturated rings. The molecule has 1 amide bonds. The zero-order chi connectivity index (χ0) is 15.0. The van der Waals surface area contributed by atoms with Crippen molar-refractivity contribution in [2.45, 2.75) is 77.9 Å². The second-order valence-electron chi connectivity index (χ2n) is 7.41. The van der Waals surface area contributed by atoms with Crippen molar-refractivity contribution in [1.82, 2.24) is 5.32 Å². The van der Waals surface area contributed by atoms with Gasteiger partial charge in [-0.25, -0.2) is 0 Å². The van der Waals surface area contributed by atoms with Crippen LogP contribution in [0.25, 0.3) is 0 Å². The van der Waals surface area contributed by atoms with Crippen LogP contribution < -0.4 is 5.32 Å². The van der Waals surface area contributed by atoms with Crippen molar-refractivity contribution in [3.05, 3.63) is 0 Å². The third-order valence-corrected chi connectivity index (χ3v) is 5.28. The number of rotatable bonds is 5. The molecule has 20 heavy (non-hydrogen) atoms. The Hall–Kier alpha value is -0.545. The Kier molecular flexibility index (Phi) is 4.50. The summed E-state index contributed by atoms with van der Waals surface area (Å²) in [5.41, 5.74) is 0.0407. The van der Waals surface area contributed by atoms with Crippen LogP contribution in [0.15, 0.2) is 0 Å². The molecule has 0 aromatic rings. The maximum atomic E-state index is 10.8. The van der Waals surface area contributed by atoms with E-state index in [0.717, 1.165) is 32.1 Å². The Morgan fingerprint density at radius 2 is 2.15 bits per heavy atom. The van der Waals surface area contributed by atoms with Gasteiger partial charge in [0.1, 0.15) is 0 Å². The first-order chi connectivity index (χ1) is 9.32. The molecule has 2 rings (SSSR count). The number of carbonyl (C=O) groups is 1. The molecule has 1 saturated carbocycles. The fraction of sp³-hybridized carbons (Fsp3) is 0.933. The molecule has 4 nitrogen and oxygen atoms in total. The Bertz CT molecular complexity index is 363. The van der Waals surface area contributed by atoms with E-state index in [-0.39, 0.29) is 30.2 Å². The Morgan fingerprint density at radius 3 is 2.75 bits per heavy atom. The van der Waals surface area contributed by atoms with Gasteiger partial charge in [-0.05, 0) is 37.5 Å². The van der Waals surface area contributed by atoms with E-state index in [4.69, 9.17) is 9.31 Å². The molecule has 1 saturated heterocycles. The monoisotopic (exact) mass is 281 g/mol. The second kappa shape index (κ2) is 5.68. The van der Waals surface area contributed by atoms with Crippen LogP contribution in [0.1, 0.15) is 60.3 Å². The fourth-order valence-electron chi connectivity index (χ4n) is 3.73. The van der Waals surface area contributed by atoms with Crippen LogP contribution in [-0.4, -0.2) is 31.2 Å². The topological polar surface area (TPSA) is 47.6 Å². The smallest absolute Gasteiger partial charge is 0.404 e. The Labute approximate surface area is 123 Å². The molecule has 2 aliphatic rings. The van der Waals surface area contributed by atoms with Crippen LogP contribution >= 0.6 is 0 Å². The summed E-state index contributed by atoms with van der Waals surface area (Å²) in [6, 6.07) is 0. The highest BCUT2D eigenvalue weighted by atomic mass is 16.7. The van der Waals surface area contributed by atoms with Crippen LogP contribution in [0.5, 0.6) is 0 Å². The van der Waals surface area contributed by atoms with E-state index in [0.29, 0.717) is 5.92 Å². The van der Waals surface area contributed by atoms with E-state index in [1.807, 2.05) is 0 Å². The molecule has 1 aliphatic carbocycles. The molecule has 0 spiro atoms. The van der Waals surface area contributed by atoms with Gasteiger partial charge in [0.05, 0.1) is 17.6 Å². The van der Waals surface area contributed by atoms with Crippen LogP contribution in [0.4, 0.5) is 0 Å². The number of hydrogen-bond donors (Lipinski definition) is 1. The van der Waals surface area contributed by atoms with Gasteiger partial charge in [0, 0.05) is 0 Å². The number of carbonyl (C=O) groups excluding carboxylic acids is 1. The summed E-state index contributed by atoms with van der Waals surface area (Å²) in [5.74, 6) is 0.574. The van der Waals surface area contributed by atoms with Crippen LogP contribution in [0, 0.1) is 11.3 Å². The van der Waals surface area contributed by atoms with E-state index in [1.54, 1.807) is 0 Å². The molecular weight excluding hydrogens is 253 g/mol. The molecule has 5 heteroatoms. The van der Waals surface area contributed by atoms with E-state index in [1.165, 1.54) is 0 Å². The molecule has 0 aromatic heterocycles. The van der Waals surface area contributed by atoms with Crippen molar-refractivity contribution in [2.24, 2.45) is 11.3 Å². The summed E-state index contributed by atoms with van der Waals surface area (Å²) in [4.78, 5) is 10.8. The fourth-order valence-corrected chi connectivity index (χ4v) is 3.73. The van der Waals surface area contributed by atoms with E-state index in [2.05, 4.69) is 39.9 Å². The minimum atomic E-state index is -0.309. The molecule has 0 radical (unpaired) electrons. The van der Waals surface area contributed by atoms with Gasteiger partial charge in [-0.15, -0.1) is 0 Å². The molecular formula is C15H28BNO3. The summed E-state index contributed by atoms with van der Waals surface area (Å²) in [6.45, 7) is 11.2. The molecule has 1 unspecified atom stereocenters. The van der Waals surface area contributed by atoms with Gasteiger partial charge in [-0.1, -0.05) is 34.1 Å². The zero-order valence-corrected chi connectivity index (χ0v) is 13.4. The molecule has 114 valence electrons. The lowest BCUT2D eigenvalue weighted by Crippen LogP contribution is -2.49. The summed E-state index contributed by atoms with van der Waals surface area (Å²) in [7, 11) is -0.309. The first kappa shape index (κ1) is 15.8. The predicted molar refractivity (Wildman–Crippen MR) is 80.2 cm³/mol. The Morgan fingerprint density at radius 1 is 1.45 bits per heavy atom. The Balaban J connectivity index is 2.10. The van der Waals surface area contributed by atoms with Crippen molar-refractivity contribution >= 4 is 13.5 Å². The highest BCUT2D eigenvalue weighted by molar-refractivity contribution is 6.47. The van der Waals surface area contributed by atoms with Crippen molar-refractivity contribution < 1.29 is 14.1 Å². The molecule has 0 bridgehead atoms. The van der Waals surface area contributed by atoms with Gasteiger partial charge in [-0.3, -0.25) is 4.79 Å². The van der Waals surface area contributed by atoms with Crippen molar-refractivity contribution in [3.63, 3.8) is 0 Å². The number of amides is 1. The highest BCUT2D eigenvalue weighted by Gasteiger charge is 2.56. The second-order valence-corrected chi connectivity index (χ2v) is 7.41. The van der Waals surface area contributed by atoms with Crippen molar-refractivity contribution in [2.75, 3.05) is 0 Å². The van der Waals surface area contributed by atoms with Crippen LogP contribution in [0.3, 0.4) is 0 Å². The largest absolute Gasteiger partial charge is 0.481 e. The molecule has 1 aliphatic heterocycles. The molecule has 4 atom stereocenters. The predicted octanol–water partition coefficient (Wildman–Crippen LogP) is 2.56. The standard InChI is InChI=1S/C15H28BNO3/c1-6-7-13(17-10-18)16-19-12-8-11(2)14(3,4)9-15(12,5)20-16/h10-13H,6-9H2,1-5H3,(H,17,18)/t11-,12+,13?,15-/m0/s1. The lowest BCUT2D eigenvalue weighted by atomic mass is 9.63. The number of nitrogens with one attached hydrogen (secondary N) is 1. The summed E-state index contributed by atoms with van der Waals surface area (Å²) in [6.07, 6.45) is 4.80. The number of hydrogen-bond acceptors (Lipinski definition) is 3. The van der Waals surface area contributed by atoms with E-state index in [9.17, 15) is 4.79 Å². The highest BCUT2D eigenvalue weighted by Crippen LogP contribution is 2.50. The van der Waals surface area contributed by atoms with E-state index < -0.39 is 0 Å². The average Bonchev–Trinajstić information content (AvgIpc) is 2.65. The van der Waals surface area contributed by atoms with E-state index >= 15 is 0 Å². The summed E-state index contributed by atoms with van der Waals surface area (Å²) < 4.78 is 12.4. The van der Waals surface area contributed by atoms with Gasteiger partial charge < -0.3 is 14.6 Å². The maximum Gasteiger partial charge on any atom is 0.481 e. The van der Waals surface area contributed by atoms with Gasteiger partial charge in [0.25, 0.3) is 0 Å². The van der Waals surface area contributed by atoms with Crippen molar-refractivity contribution in [1.29, 1.82) is 0 Å². The minimum Gasteiger partial charge on any atom is -0.404 e. The lowest BCUT2D eigenvalue weighted by Gasteiger charge is -2.47. The average molecular weight is 281 g/mol. The summed E-state index contributed by atoms with van der Waals surface area (Å²) >= 11 is 0. The normalized spacial score (nSPS) is 37.4. The zero-order valence-electron chi connectivity index (χ0n) is 13.4. The first-order valence-electron chi connectivity index (χ1n) is 7.85. The third kappa shape index (κ3) is 2.89. The minimum absolute atomic E-state index is 0.0432. The SMILES string of the molecule is CCCC(NC=O)B1O[C@@H]2C[C@H](C)C(C)(C)C[C@]2(C)O1. The number of fused-ring (bicyclic) bond motifs is 1. The third-order valence-electron chi connectivity index (χ3n) is 5.28.